The first kappa shape index (κ1) is 19.9. The summed E-state index contributed by atoms with van der Waals surface area (Å²) in [6.45, 7) is 0.791. The molecule has 1 aromatic carbocycles. The van der Waals surface area contributed by atoms with Crippen LogP contribution >= 0.6 is 24.0 Å². The van der Waals surface area contributed by atoms with E-state index < -0.39 is 6.61 Å². The van der Waals surface area contributed by atoms with Gasteiger partial charge in [0.2, 0.25) is 0 Å². The Balaban J connectivity index is 0.00000400. The molecule has 0 saturated carbocycles. The zero-order chi connectivity index (χ0) is 15.0. The molecule has 0 heterocycles. The molecule has 0 radical (unpaired) electrons. The molecule has 0 aliphatic heterocycles. The summed E-state index contributed by atoms with van der Waals surface area (Å²) in [5.74, 6) is 0.972. The van der Waals surface area contributed by atoms with Crippen LogP contribution in [0.15, 0.2) is 29.3 Å². The van der Waals surface area contributed by atoms with Gasteiger partial charge < -0.3 is 15.0 Å². The van der Waals surface area contributed by atoms with Crippen molar-refractivity contribution in [2.45, 2.75) is 26.5 Å². The van der Waals surface area contributed by atoms with Gasteiger partial charge in [-0.2, -0.15) is 8.78 Å². The van der Waals surface area contributed by atoms with Gasteiger partial charge in [0.05, 0.1) is 0 Å². The third-order valence-corrected chi connectivity index (χ3v) is 2.67. The summed E-state index contributed by atoms with van der Waals surface area (Å²) in [5.41, 5.74) is 0.994. The number of hydrogen-bond acceptors (Lipinski definition) is 2. The Bertz CT molecular complexity index is 427. The Morgan fingerprint density at radius 3 is 2.43 bits per heavy atom. The minimum atomic E-state index is -2.79. The number of alkyl halides is 2. The Kier molecular flexibility index (Phi) is 10.0. The number of benzene rings is 1. The van der Waals surface area contributed by atoms with Crippen LogP contribution < -0.4 is 10.1 Å². The molecule has 0 amide bonds. The number of aliphatic imine (C=N–C) groups is 1. The van der Waals surface area contributed by atoms with Crippen molar-refractivity contribution in [1.82, 2.24) is 10.2 Å². The maximum Gasteiger partial charge on any atom is 0.387 e. The highest BCUT2D eigenvalue weighted by molar-refractivity contribution is 14.0. The first-order chi connectivity index (χ1) is 9.56. The van der Waals surface area contributed by atoms with Crippen molar-refractivity contribution in [3.05, 3.63) is 29.8 Å². The van der Waals surface area contributed by atoms with E-state index in [1.807, 2.05) is 11.9 Å². The van der Waals surface area contributed by atoms with E-state index in [4.69, 9.17) is 0 Å². The molecule has 0 aliphatic carbocycles. The largest absolute Gasteiger partial charge is 0.435 e. The molecule has 0 saturated heterocycles. The monoisotopic (exact) mass is 413 g/mol. The molecular formula is C14H22F2IN3O. The lowest BCUT2D eigenvalue weighted by atomic mass is 10.2. The molecule has 21 heavy (non-hydrogen) atoms. The van der Waals surface area contributed by atoms with E-state index in [0.717, 1.165) is 24.5 Å². The molecule has 0 atom stereocenters. The summed E-state index contributed by atoms with van der Waals surface area (Å²) >= 11 is 0. The average molecular weight is 413 g/mol. The quantitative estimate of drug-likeness (QED) is 0.442. The van der Waals surface area contributed by atoms with Crippen LogP contribution in [0.1, 0.15) is 18.9 Å². The fraction of sp³-hybridized carbons (Fsp3) is 0.500. The smallest absolute Gasteiger partial charge is 0.387 e. The Morgan fingerprint density at radius 2 is 1.95 bits per heavy atom. The predicted octanol–water partition coefficient (Wildman–Crippen LogP) is 3.32. The van der Waals surface area contributed by atoms with E-state index >= 15 is 0 Å². The van der Waals surface area contributed by atoms with Gasteiger partial charge in [0.1, 0.15) is 5.75 Å². The highest BCUT2D eigenvalue weighted by atomic mass is 127. The lowest BCUT2D eigenvalue weighted by molar-refractivity contribution is -0.0498. The van der Waals surface area contributed by atoms with Crippen molar-refractivity contribution in [2.75, 3.05) is 20.6 Å². The van der Waals surface area contributed by atoms with E-state index in [2.05, 4.69) is 22.0 Å². The van der Waals surface area contributed by atoms with Crippen LogP contribution in [0.5, 0.6) is 5.75 Å². The summed E-state index contributed by atoms with van der Waals surface area (Å²) in [6, 6.07) is 6.61. The highest BCUT2D eigenvalue weighted by Crippen LogP contribution is 2.15. The molecule has 0 unspecified atom stereocenters. The second kappa shape index (κ2) is 10.6. The van der Waals surface area contributed by atoms with Crippen LogP contribution in [-0.2, 0) is 6.54 Å². The van der Waals surface area contributed by atoms with Crippen LogP contribution in [0.2, 0.25) is 0 Å². The normalized spacial score (nSPS) is 11.0. The minimum Gasteiger partial charge on any atom is -0.435 e. The van der Waals surface area contributed by atoms with Crippen LogP contribution in [0.3, 0.4) is 0 Å². The minimum absolute atomic E-state index is 0. The lowest BCUT2D eigenvalue weighted by Gasteiger charge is -2.22. The van der Waals surface area contributed by atoms with Crippen LogP contribution in [0.4, 0.5) is 8.78 Å². The predicted molar refractivity (Wildman–Crippen MR) is 91.6 cm³/mol. The number of ether oxygens (including phenoxy) is 1. The van der Waals surface area contributed by atoms with Crippen molar-refractivity contribution >= 4 is 29.9 Å². The van der Waals surface area contributed by atoms with Gasteiger partial charge in [-0.3, -0.25) is 4.99 Å². The van der Waals surface area contributed by atoms with Gasteiger partial charge in [0.15, 0.2) is 5.96 Å². The number of rotatable bonds is 6. The summed E-state index contributed by atoms with van der Waals surface area (Å²) in [7, 11) is 3.66. The van der Waals surface area contributed by atoms with Crippen LogP contribution in [0, 0.1) is 0 Å². The van der Waals surface area contributed by atoms with Gasteiger partial charge in [0.25, 0.3) is 0 Å². The number of hydrogen-bond donors (Lipinski definition) is 1. The van der Waals surface area contributed by atoms with Gasteiger partial charge in [-0.25, -0.2) is 0 Å². The van der Waals surface area contributed by atoms with Crippen molar-refractivity contribution in [2.24, 2.45) is 4.99 Å². The van der Waals surface area contributed by atoms with E-state index in [9.17, 15) is 8.78 Å². The maximum absolute atomic E-state index is 12.0. The van der Waals surface area contributed by atoms with Gasteiger partial charge in [-0.1, -0.05) is 19.1 Å². The van der Waals surface area contributed by atoms with E-state index in [-0.39, 0.29) is 29.7 Å². The highest BCUT2D eigenvalue weighted by Gasteiger charge is 2.07. The summed E-state index contributed by atoms with van der Waals surface area (Å²) in [4.78, 5) is 6.16. The second-order valence-electron chi connectivity index (χ2n) is 4.35. The fourth-order valence-corrected chi connectivity index (χ4v) is 1.75. The summed E-state index contributed by atoms with van der Waals surface area (Å²) in [5, 5.41) is 3.23. The first-order valence-electron chi connectivity index (χ1n) is 6.52. The first-order valence-corrected chi connectivity index (χ1v) is 6.52. The van der Waals surface area contributed by atoms with E-state index in [0.29, 0.717) is 6.54 Å². The number of guanidine groups is 1. The molecule has 0 spiro atoms. The lowest BCUT2D eigenvalue weighted by Crippen LogP contribution is -2.38. The van der Waals surface area contributed by atoms with E-state index in [1.165, 1.54) is 12.1 Å². The van der Waals surface area contributed by atoms with Gasteiger partial charge in [0, 0.05) is 27.2 Å². The van der Waals surface area contributed by atoms with E-state index in [1.54, 1.807) is 19.2 Å². The van der Waals surface area contributed by atoms with Crippen molar-refractivity contribution in [3.63, 3.8) is 0 Å². The average Bonchev–Trinajstić information content (AvgIpc) is 2.41. The summed E-state index contributed by atoms with van der Waals surface area (Å²) in [6.07, 6.45) is 1.02. The van der Waals surface area contributed by atoms with Gasteiger partial charge >= 0.3 is 6.61 Å². The third kappa shape index (κ3) is 7.45. The molecule has 7 heteroatoms. The Hall–Kier alpha value is -1.12. The molecule has 1 N–H and O–H groups in total. The fourth-order valence-electron chi connectivity index (χ4n) is 1.75. The molecule has 0 aliphatic rings. The van der Waals surface area contributed by atoms with Crippen LogP contribution in [0.25, 0.3) is 0 Å². The SMILES string of the molecule is CCCNC(=NC)N(C)Cc1ccc(OC(F)F)cc1.I. The molecule has 0 fully saturated rings. The molecule has 0 aromatic heterocycles. The molecule has 120 valence electrons. The molecule has 4 nitrogen and oxygen atoms in total. The van der Waals surface area contributed by atoms with Gasteiger partial charge in [-0.15, -0.1) is 24.0 Å². The zero-order valence-electron chi connectivity index (χ0n) is 12.5. The van der Waals surface area contributed by atoms with Crippen LogP contribution in [-0.4, -0.2) is 38.1 Å². The number of nitrogens with one attached hydrogen (secondary N) is 1. The third-order valence-electron chi connectivity index (χ3n) is 2.67. The zero-order valence-corrected chi connectivity index (χ0v) is 14.8. The molecule has 1 rings (SSSR count). The number of halogens is 3. The van der Waals surface area contributed by atoms with Crippen molar-refractivity contribution < 1.29 is 13.5 Å². The van der Waals surface area contributed by atoms with Gasteiger partial charge in [-0.05, 0) is 24.1 Å². The molecule has 0 bridgehead atoms. The molecular weight excluding hydrogens is 391 g/mol. The topological polar surface area (TPSA) is 36.9 Å². The maximum atomic E-state index is 12.0. The summed E-state index contributed by atoms with van der Waals surface area (Å²) < 4.78 is 28.4. The van der Waals surface area contributed by atoms with Crippen molar-refractivity contribution in [3.8, 4) is 5.75 Å². The standard InChI is InChI=1S/C14H21F2N3O.HI/c1-4-9-18-14(17-2)19(3)10-11-5-7-12(8-6-11)20-13(15)16;/h5-8,13H,4,9-10H2,1-3H3,(H,17,18);1H. The second-order valence-corrected chi connectivity index (χ2v) is 4.35. The Labute approximate surface area is 141 Å². The molecule has 1 aromatic rings. The Morgan fingerprint density at radius 1 is 1.33 bits per heavy atom. The van der Waals surface area contributed by atoms with Crippen molar-refractivity contribution in [1.29, 1.82) is 0 Å². The number of nitrogens with zero attached hydrogens (tertiary/aromatic N) is 2.